The second-order valence-corrected chi connectivity index (χ2v) is 2.94. The third-order valence-corrected chi connectivity index (χ3v) is 2.23. The summed E-state index contributed by atoms with van der Waals surface area (Å²) in [4.78, 5) is 2.28. The molecular formula is C7H16N2O. The van der Waals surface area contributed by atoms with Crippen molar-refractivity contribution in [3.05, 3.63) is 0 Å². The van der Waals surface area contributed by atoms with Crippen molar-refractivity contribution in [1.29, 1.82) is 0 Å². The van der Waals surface area contributed by atoms with Gasteiger partial charge in [-0.25, -0.2) is 0 Å². The molecular weight excluding hydrogens is 128 g/mol. The molecule has 2 N–H and O–H groups in total. The number of ether oxygens (including phenoxy) is 1. The van der Waals surface area contributed by atoms with Crippen molar-refractivity contribution in [2.24, 2.45) is 5.73 Å². The summed E-state index contributed by atoms with van der Waals surface area (Å²) in [7, 11) is 2.10. The lowest BCUT2D eigenvalue weighted by Crippen LogP contribution is -2.52. The summed E-state index contributed by atoms with van der Waals surface area (Å²) in [6.45, 7) is 4.62. The Hall–Kier alpha value is -0.120. The van der Waals surface area contributed by atoms with Gasteiger partial charge in [-0.15, -0.1) is 0 Å². The number of nitrogens with two attached hydrogens (primary N) is 1. The molecule has 0 bridgehead atoms. The lowest BCUT2D eigenvalue weighted by Gasteiger charge is -2.37. The highest BCUT2D eigenvalue weighted by Gasteiger charge is 2.25. The predicted octanol–water partition coefficient (Wildman–Crippen LogP) is -0.336. The van der Waals surface area contributed by atoms with E-state index >= 15 is 0 Å². The summed E-state index contributed by atoms with van der Waals surface area (Å²) in [5.74, 6) is 0. The maximum atomic E-state index is 5.51. The molecule has 0 saturated carbocycles. The largest absolute Gasteiger partial charge is 0.378 e. The van der Waals surface area contributed by atoms with Crippen molar-refractivity contribution in [3.8, 4) is 0 Å². The molecule has 1 saturated heterocycles. The van der Waals surface area contributed by atoms with E-state index in [2.05, 4.69) is 18.9 Å². The number of nitrogens with zero attached hydrogens (tertiary/aromatic N) is 1. The van der Waals surface area contributed by atoms with Crippen molar-refractivity contribution in [3.63, 3.8) is 0 Å². The molecule has 1 rings (SSSR count). The van der Waals surface area contributed by atoms with Gasteiger partial charge in [0.15, 0.2) is 0 Å². The van der Waals surface area contributed by atoms with Gasteiger partial charge in [-0.05, 0) is 14.0 Å². The Bertz CT molecular complexity index is 99.0. The zero-order valence-electron chi connectivity index (χ0n) is 6.71. The third-order valence-electron chi connectivity index (χ3n) is 2.23. The average molecular weight is 144 g/mol. The molecule has 0 aromatic carbocycles. The van der Waals surface area contributed by atoms with Crippen LogP contribution in [0.25, 0.3) is 0 Å². The number of rotatable bonds is 3. The first kappa shape index (κ1) is 7.98. The summed E-state index contributed by atoms with van der Waals surface area (Å²) >= 11 is 0. The smallest absolute Gasteiger partial charge is 0.0645 e. The van der Waals surface area contributed by atoms with E-state index in [1.165, 1.54) is 0 Å². The maximum Gasteiger partial charge on any atom is 0.0645 e. The van der Waals surface area contributed by atoms with Crippen LogP contribution in [0.1, 0.15) is 6.92 Å². The predicted molar refractivity (Wildman–Crippen MR) is 40.9 cm³/mol. The maximum absolute atomic E-state index is 5.51. The lowest BCUT2D eigenvalue weighted by molar-refractivity contribution is -0.0660. The fraction of sp³-hybridized carbons (Fsp3) is 1.00. The first-order valence-corrected chi connectivity index (χ1v) is 3.75. The van der Waals surface area contributed by atoms with E-state index < -0.39 is 0 Å². The van der Waals surface area contributed by atoms with Gasteiger partial charge in [0, 0.05) is 12.6 Å². The van der Waals surface area contributed by atoms with Crippen molar-refractivity contribution in [2.45, 2.75) is 19.0 Å². The molecule has 0 radical (unpaired) electrons. The summed E-state index contributed by atoms with van der Waals surface area (Å²) in [5, 5.41) is 0. The minimum absolute atomic E-state index is 0.480. The average Bonchev–Trinajstić information content (AvgIpc) is 1.82. The van der Waals surface area contributed by atoms with E-state index in [0.717, 1.165) is 19.8 Å². The van der Waals surface area contributed by atoms with Crippen LogP contribution in [-0.4, -0.2) is 43.8 Å². The molecule has 3 nitrogen and oxygen atoms in total. The van der Waals surface area contributed by atoms with Crippen LogP contribution >= 0.6 is 0 Å². The molecule has 1 aliphatic rings. The van der Waals surface area contributed by atoms with Crippen molar-refractivity contribution in [2.75, 3.05) is 26.8 Å². The molecule has 1 atom stereocenters. The second kappa shape index (κ2) is 3.32. The van der Waals surface area contributed by atoms with Crippen LogP contribution in [0.5, 0.6) is 0 Å². The van der Waals surface area contributed by atoms with Gasteiger partial charge >= 0.3 is 0 Å². The van der Waals surface area contributed by atoms with Crippen LogP contribution in [-0.2, 0) is 4.74 Å². The highest BCUT2D eigenvalue weighted by Crippen LogP contribution is 2.10. The quantitative estimate of drug-likeness (QED) is 0.589. The molecule has 1 aliphatic heterocycles. The Kier molecular flexibility index (Phi) is 2.65. The van der Waals surface area contributed by atoms with Gasteiger partial charge in [-0.2, -0.15) is 0 Å². The second-order valence-electron chi connectivity index (χ2n) is 2.94. The van der Waals surface area contributed by atoms with E-state index in [4.69, 9.17) is 10.5 Å². The minimum Gasteiger partial charge on any atom is -0.378 e. The summed E-state index contributed by atoms with van der Waals surface area (Å²) < 4.78 is 5.07. The van der Waals surface area contributed by atoms with Crippen LogP contribution in [0, 0.1) is 0 Å². The van der Waals surface area contributed by atoms with E-state index in [-0.39, 0.29) is 0 Å². The number of hydrogen-bond donors (Lipinski definition) is 1. The monoisotopic (exact) mass is 144 g/mol. The Morgan fingerprint density at radius 2 is 2.30 bits per heavy atom. The molecule has 0 spiro atoms. The van der Waals surface area contributed by atoms with E-state index in [1.807, 2.05) is 0 Å². The van der Waals surface area contributed by atoms with Crippen LogP contribution in [0.3, 0.4) is 0 Å². The van der Waals surface area contributed by atoms with Crippen molar-refractivity contribution < 1.29 is 4.74 Å². The van der Waals surface area contributed by atoms with Crippen LogP contribution in [0.4, 0.5) is 0 Å². The molecule has 0 amide bonds. The van der Waals surface area contributed by atoms with E-state index in [1.54, 1.807) is 0 Å². The third kappa shape index (κ3) is 1.48. The fourth-order valence-corrected chi connectivity index (χ4v) is 0.985. The standard InChI is InChI=1S/C7H16N2O/c1-6(3-8)9(2)7-4-10-5-7/h6-7H,3-5,8H2,1-2H3. The minimum atomic E-state index is 0.480. The topological polar surface area (TPSA) is 38.5 Å². The van der Waals surface area contributed by atoms with Crippen LogP contribution in [0.15, 0.2) is 0 Å². The first-order valence-electron chi connectivity index (χ1n) is 3.75. The van der Waals surface area contributed by atoms with Crippen LogP contribution in [0.2, 0.25) is 0 Å². The first-order chi connectivity index (χ1) is 4.75. The molecule has 0 aliphatic carbocycles. The highest BCUT2D eigenvalue weighted by molar-refractivity contribution is 4.78. The number of hydrogen-bond acceptors (Lipinski definition) is 3. The summed E-state index contributed by atoms with van der Waals surface area (Å²) in [6.07, 6.45) is 0. The van der Waals surface area contributed by atoms with Crippen molar-refractivity contribution >= 4 is 0 Å². The van der Waals surface area contributed by atoms with Gasteiger partial charge in [0.2, 0.25) is 0 Å². The molecule has 1 unspecified atom stereocenters. The molecule has 60 valence electrons. The zero-order valence-corrected chi connectivity index (χ0v) is 6.71. The summed E-state index contributed by atoms with van der Waals surface area (Å²) in [6, 6.07) is 1.09. The molecule has 1 fully saturated rings. The van der Waals surface area contributed by atoms with E-state index in [9.17, 15) is 0 Å². The van der Waals surface area contributed by atoms with Gasteiger partial charge < -0.3 is 10.5 Å². The normalized spacial score (nSPS) is 22.8. The van der Waals surface area contributed by atoms with Gasteiger partial charge in [-0.3, -0.25) is 4.90 Å². The lowest BCUT2D eigenvalue weighted by atomic mass is 10.2. The molecule has 0 aromatic rings. The molecule has 3 heteroatoms. The Labute approximate surface area is 62.1 Å². The number of likely N-dealkylation sites (N-methyl/N-ethyl adjacent to an activating group) is 1. The highest BCUT2D eigenvalue weighted by atomic mass is 16.5. The van der Waals surface area contributed by atoms with Gasteiger partial charge in [0.1, 0.15) is 0 Å². The van der Waals surface area contributed by atoms with E-state index in [0.29, 0.717) is 12.1 Å². The van der Waals surface area contributed by atoms with Gasteiger partial charge in [0.25, 0.3) is 0 Å². The van der Waals surface area contributed by atoms with Crippen molar-refractivity contribution in [1.82, 2.24) is 4.90 Å². The Morgan fingerprint density at radius 3 is 2.60 bits per heavy atom. The SMILES string of the molecule is CC(CN)N(C)C1COC1. The Balaban J connectivity index is 2.24. The molecule has 10 heavy (non-hydrogen) atoms. The van der Waals surface area contributed by atoms with Gasteiger partial charge in [-0.1, -0.05) is 0 Å². The van der Waals surface area contributed by atoms with Crippen LogP contribution < -0.4 is 5.73 Å². The van der Waals surface area contributed by atoms with Gasteiger partial charge in [0.05, 0.1) is 19.3 Å². The summed E-state index contributed by atoms with van der Waals surface area (Å²) in [5.41, 5.74) is 5.51. The zero-order chi connectivity index (χ0) is 7.56. The molecule has 1 heterocycles. The Morgan fingerprint density at radius 1 is 1.70 bits per heavy atom. The molecule has 0 aromatic heterocycles. The fourth-order valence-electron chi connectivity index (χ4n) is 0.985.